The highest BCUT2D eigenvalue weighted by atomic mass is 16.5. The smallest absolute Gasteiger partial charge is 0.234 e. The van der Waals surface area contributed by atoms with E-state index in [1.165, 1.54) is 0 Å². The molecule has 1 aliphatic carbocycles. The van der Waals surface area contributed by atoms with Gasteiger partial charge in [-0.25, -0.2) is 0 Å². The molecule has 106 valence electrons. The molecule has 1 fully saturated rings. The topological polar surface area (TPSA) is 65.2 Å². The number of aromatic nitrogens is 2. The maximum Gasteiger partial charge on any atom is 0.234 e. The van der Waals surface area contributed by atoms with Crippen molar-refractivity contribution in [1.29, 1.82) is 0 Å². The van der Waals surface area contributed by atoms with E-state index in [1.807, 2.05) is 20.8 Å². The normalized spacial score (nSPS) is 17.0. The molecule has 0 aliphatic heterocycles. The highest BCUT2D eigenvalue weighted by Gasteiger charge is 2.29. The summed E-state index contributed by atoms with van der Waals surface area (Å²) in [5, 5.41) is 3.92. The molecule has 0 saturated heterocycles. The van der Waals surface area contributed by atoms with Crippen molar-refractivity contribution in [3.63, 3.8) is 0 Å². The maximum atomic E-state index is 12.0. The molecule has 0 amide bonds. The Kier molecular flexibility index (Phi) is 4.34. The van der Waals surface area contributed by atoms with Gasteiger partial charge >= 0.3 is 0 Å². The molecule has 0 N–H and O–H groups in total. The van der Waals surface area contributed by atoms with E-state index in [2.05, 4.69) is 10.1 Å². The molecular weight excluding hydrogens is 244 g/mol. The Balaban J connectivity index is 1.99. The minimum Gasteiger partial charge on any atom is -0.368 e. The van der Waals surface area contributed by atoms with Crippen LogP contribution in [0.1, 0.15) is 58.2 Å². The summed E-state index contributed by atoms with van der Waals surface area (Å²) in [6.45, 7) is 6.29. The number of carbonyl (C=O) groups excluding carboxylic acids is 1. The number of hydrogen-bond acceptors (Lipinski definition) is 5. The van der Waals surface area contributed by atoms with E-state index >= 15 is 0 Å². The minimum atomic E-state index is -0.576. The van der Waals surface area contributed by atoms with E-state index in [1.54, 1.807) is 0 Å². The molecule has 1 saturated carbocycles. The zero-order valence-corrected chi connectivity index (χ0v) is 11.9. The molecule has 2 rings (SSSR count). The van der Waals surface area contributed by atoms with Crippen LogP contribution in [0.4, 0.5) is 0 Å². The van der Waals surface area contributed by atoms with Gasteiger partial charge in [-0.2, -0.15) is 4.98 Å². The van der Waals surface area contributed by atoms with Crippen LogP contribution in [0, 0.1) is 5.92 Å². The Hall–Kier alpha value is -1.23. The van der Waals surface area contributed by atoms with Crippen molar-refractivity contribution in [2.24, 2.45) is 5.92 Å². The second-order valence-electron chi connectivity index (χ2n) is 5.58. The fourth-order valence-corrected chi connectivity index (χ4v) is 2.54. The Morgan fingerprint density at radius 1 is 1.42 bits per heavy atom. The average molecular weight is 266 g/mol. The van der Waals surface area contributed by atoms with Gasteiger partial charge in [-0.3, -0.25) is 4.79 Å². The average Bonchev–Trinajstić information content (AvgIpc) is 2.99. The van der Waals surface area contributed by atoms with Crippen molar-refractivity contribution < 1.29 is 14.1 Å². The van der Waals surface area contributed by atoms with E-state index in [9.17, 15) is 4.79 Å². The first-order valence-corrected chi connectivity index (χ1v) is 7.02. The Morgan fingerprint density at radius 2 is 2.11 bits per heavy atom. The van der Waals surface area contributed by atoms with E-state index < -0.39 is 5.60 Å². The second-order valence-corrected chi connectivity index (χ2v) is 5.58. The molecule has 1 aliphatic rings. The van der Waals surface area contributed by atoms with Crippen LogP contribution in [0.25, 0.3) is 0 Å². The van der Waals surface area contributed by atoms with Crippen LogP contribution in [-0.2, 0) is 21.6 Å². The monoisotopic (exact) mass is 266 g/mol. The number of nitrogens with zero attached hydrogens (tertiary/aromatic N) is 2. The lowest BCUT2D eigenvalue weighted by Crippen LogP contribution is -2.23. The molecule has 0 unspecified atom stereocenters. The van der Waals surface area contributed by atoms with Gasteiger partial charge in [-0.05, 0) is 33.6 Å². The SMILES string of the molecule is CCOC(C)(C)c1noc(CC(=O)C2CCCC2)n1. The molecule has 0 bridgehead atoms. The van der Waals surface area contributed by atoms with Crippen molar-refractivity contribution in [3.05, 3.63) is 11.7 Å². The van der Waals surface area contributed by atoms with Crippen LogP contribution in [0.5, 0.6) is 0 Å². The first-order valence-electron chi connectivity index (χ1n) is 7.02. The van der Waals surface area contributed by atoms with Gasteiger partial charge in [0, 0.05) is 12.5 Å². The lowest BCUT2D eigenvalue weighted by atomic mass is 10.0. The van der Waals surface area contributed by atoms with E-state index in [0.29, 0.717) is 18.3 Å². The number of carbonyl (C=O) groups is 1. The van der Waals surface area contributed by atoms with E-state index in [-0.39, 0.29) is 18.1 Å². The summed E-state index contributed by atoms with van der Waals surface area (Å²) in [6, 6.07) is 0. The predicted octanol–water partition coefficient (Wildman–Crippen LogP) is 2.64. The quantitative estimate of drug-likeness (QED) is 0.792. The lowest BCUT2D eigenvalue weighted by Gasteiger charge is -2.19. The number of Topliss-reactive ketones (excluding diaryl/α,β-unsaturated/α-hetero) is 1. The number of ether oxygens (including phenoxy) is 1. The van der Waals surface area contributed by atoms with Crippen molar-refractivity contribution in [2.45, 2.75) is 58.5 Å². The van der Waals surface area contributed by atoms with Gasteiger partial charge in [0.2, 0.25) is 11.7 Å². The third-order valence-electron chi connectivity index (χ3n) is 3.65. The van der Waals surface area contributed by atoms with Crippen LogP contribution >= 0.6 is 0 Å². The van der Waals surface area contributed by atoms with Gasteiger partial charge in [0.25, 0.3) is 0 Å². The summed E-state index contributed by atoms with van der Waals surface area (Å²) in [5.41, 5.74) is -0.576. The van der Waals surface area contributed by atoms with Crippen molar-refractivity contribution in [1.82, 2.24) is 10.1 Å². The molecule has 0 atom stereocenters. The molecule has 5 nitrogen and oxygen atoms in total. The summed E-state index contributed by atoms with van der Waals surface area (Å²) in [5.74, 6) is 1.32. The standard InChI is InChI=1S/C14H22N2O3/c1-4-18-14(2,3)13-15-12(19-16-13)9-11(17)10-7-5-6-8-10/h10H,4-9H2,1-3H3. The molecule has 1 heterocycles. The lowest BCUT2D eigenvalue weighted by molar-refractivity contribution is -0.122. The molecule has 1 aromatic heterocycles. The van der Waals surface area contributed by atoms with Crippen LogP contribution in [0.3, 0.4) is 0 Å². The largest absolute Gasteiger partial charge is 0.368 e. The Labute approximate surface area is 113 Å². The number of ketones is 1. The molecule has 5 heteroatoms. The molecular formula is C14H22N2O3. The number of hydrogen-bond donors (Lipinski definition) is 0. The second kappa shape index (κ2) is 5.82. The number of rotatable bonds is 6. The summed E-state index contributed by atoms with van der Waals surface area (Å²) in [6.07, 6.45) is 4.57. The minimum absolute atomic E-state index is 0.190. The summed E-state index contributed by atoms with van der Waals surface area (Å²) in [4.78, 5) is 16.3. The first-order chi connectivity index (χ1) is 9.03. The van der Waals surface area contributed by atoms with Gasteiger partial charge in [0.15, 0.2) is 0 Å². The van der Waals surface area contributed by atoms with Gasteiger partial charge in [-0.1, -0.05) is 18.0 Å². The van der Waals surface area contributed by atoms with Crippen LogP contribution < -0.4 is 0 Å². The van der Waals surface area contributed by atoms with Crippen LogP contribution in [-0.4, -0.2) is 22.5 Å². The highest BCUT2D eigenvalue weighted by Crippen LogP contribution is 2.27. The van der Waals surface area contributed by atoms with Gasteiger partial charge < -0.3 is 9.26 Å². The molecule has 0 spiro atoms. The molecule has 0 aromatic carbocycles. The maximum absolute atomic E-state index is 12.0. The summed E-state index contributed by atoms with van der Waals surface area (Å²) >= 11 is 0. The fraction of sp³-hybridized carbons (Fsp3) is 0.786. The zero-order valence-electron chi connectivity index (χ0n) is 11.9. The van der Waals surface area contributed by atoms with Crippen molar-refractivity contribution in [3.8, 4) is 0 Å². The highest BCUT2D eigenvalue weighted by molar-refractivity contribution is 5.82. The van der Waals surface area contributed by atoms with Crippen molar-refractivity contribution >= 4 is 5.78 Å². The van der Waals surface area contributed by atoms with Crippen LogP contribution in [0.2, 0.25) is 0 Å². The van der Waals surface area contributed by atoms with Gasteiger partial charge in [0.05, 0.1) is 6.42 Å². The van der Waals surface area contributed by atoms with Crippen molar-refractivity contribution in [2.75, 3.05) is 6.61 Å². The third-order valence-corrected chi connectivity index (χ3v) is 3.65. The Bertz CT molecular complexity index is 434. The molecule has 1 aromatic rings. The molecule has 0 radical (unpaired) electrons. The summed E-state index contributed by atoms with van der Waals surface area (Å²) in [7, 11) is 0. The summed E-state index contributed by atoms with van der Waals surface area (Å²) < 4.78 is 10.7. The Morgan fingerprint density at radius 3 is 2.74 bits per heavy atom. The van der Waals surface area contributed by atoms with Gasteiger partial charge in [-0.15, -0.1) is 0 Å². The fourth-order valence-electron chi connectivity index (χ4n) is 2.54. The first kappa shape index (κ1) is 14.2. The predicted molar refractivity (Wildman–Crippen MR) is 69.6 cm³/mol. The van der Waals surface area contributed by atoms with Crippen LogP contribution in [0.15, 0.2) is 4.52 Å². The third kappa shape index (κ3) is 3.41. The van der Waals surface area contributed by atoms with E-state index in [4.69, 9.17) is 9.26 Å². The van der Waals surface area contributed by atoms with Gasteiger partial charge in [0.1, 0.15) is 11.4 Å². The zero-order chi connectivity index (χ0) is 13.9. The molecule has 19 heavy (non-hydrogen) atoms. The van der Waals surface area contributed by atoms with E-state index in [0.717, 1.165) is 25.7 Å².